The molecular formula is C13H17F3N2O2S. The van der Waals surface area contributed by atoms with Gasteiger partial charge in [0.1, 0.15) is 0 Å². The summed E-state index contributed by atoms with van der Waals surface area (Å²) in [5, 5.41) is 0. The first kappa shape index (κ1) is 16.1. The summed E-state index contributed by atoms with van der Waals surface area (Å²) in [5.74, 6) is 0.359. The lowest BCUT2D eigenvalue weighted by molar-refractivity contribution is -0.0436. The zero-order chi connectivity index (χ0) is 15.7. The Labute approximate surface area is 121 Å². The number of alkyl halides is 3. The monoisotopic (exact) mass is 322 g/mol. The Bertz CT molecular complexity index is 584. The van der Waals surface area contributed by atoms with Crippen LogP contribution < -0.4 is 10.6 Å². The molecule has 118 valence electrons. The quantitative estimate of drug-likeness (QED) is 0.926. The van der Waals surface area contributed by atoms with E-state index in [1.807, 2.05) is 4.90 Å². The van der Waals surface area contributed by atoms with Crippen LogP contribution in [0.25, 0.3) is 0 Å². The summed E-state index contributed by atoms with van der Waals surface area (Å²) >= 11 is 0. The van der Waals surface area contributed by atoms with Crippen LogP contribution in [-0.4, -0.2) is 33.6 Å². The number of hydrogen-bond donors (Lipinski definition) is 1. The fraction of sp³-hybridized carbons (Fsp3) is 0.538. The Hall–Kier alpha value is -1.28. The third kappa shape index (κ3) is 3.32. The topological polar surface area (TPSA) is 63.4 Å². The van der Waals surface area contributed by atoms with Crippen molar-refractivity contribution in [2.45, 2.75) is 23.2 Å². The number of benzene rings is 1. The minimum Gasteiger partial charge on any atom is -0.371 e. The number of piperidine rings is 1. The van der Waals surface area contributed by atoms with Gasteiger partial charge in [-0.1, -0.05) is 0 Å². The van der Waals surface area contributed by atoms with Crippen molar-refractivity contribution in [2.75, 3.05) is 24.5 Å². The molecule has 0 saturated carbocycles. The summed E-state index contributed by atoms with van der Waals surface area (Å²) in [5.41, 5.74) is 1.09. The minimum absolute atomic E-state index is 0.359. The van der Waals surface area contributed by atoms with E-state index in [2.05, 4.69) is 0 Å². The fourth-order valence-corrected chi connectivity index (χ4v) is 3.22. The molecule has 1 aromatic carbocycles. The van der Waals surface area contributed by atoms with Gasteiger partial charge < -0.3 is 10.6 Å². The van der Waals surface area contributed by atoms with Crippen LogP contribution in [0.1, 0.15) is 12.8 Å². The molecule has 1 fully saturated rings. The Kier molecular flexibility index (Phi) is 4.48. The maximum Gasteiger partial charge on any atom is 0.501 e. The van der Waals surface area contributed by atoms with Crippen molar-refractivity contribution < 1.29 is 21.6 Å². The van der Waals surface area contributed by atoms with E-state index in [0.29, 0.717) is 18.2 Å². The summed E-state index contributed by atoms with van der Waals surface area (Å²) in [4.78, 5) is 1.29. The molecule has 8 heteroatoms. The molecule has 21 heavy (non-hydrogen) atoms. The number of nitrogens with two attached hydrogens (primary N) is 1. The second-order valence-corrected chi connectivity index (χ2v) is 7.07. The second kappa shape index (κ2) is 5.84. The van der Waals surface area contributed by atoms with Crippen molar-refractivity contribution in [3.05, 3.63) is 24.3 Å². The zero-order valence-corrected chi connectivity index (χ0v) is 12.1. The lowest BCUT2D eigenvalue weighted by atomic mass is 9.98. The van der Waals surface area contributed by atoms with E-state index < -0.39 is 20.2 Å². The Balaban J connectivity index is 2.20. The highest BCUT2D eigenvalue weighted by Gasteiger charge is 2.46. The number of halogens is 3. The average Bonchev–Trinajstić information content (AvgIpc) is 2.46. The van der Waals surface area contributed by atoms with Crippen LogP contribution in [-0.2, 0) is 9.84 Å². The largest absolute Gasteiger partial charge is 0.501 e. The maximum atomic E-state index is 12.5. The first-order chi connectivity index (χ1) is 9.75. The fourth-order valence-electron chi connectivity index (χ4n) is 2.46. The molecular weight excluding hydrogens is 305 g/mol. The Morgan fingerprint density at radius 2 is 1.86 bits per heavy atom. The highest BCUT2D eigenvalue weighted by Crippen LogP contribution is 2.31. The first-order valence-corrected chi connectivity index (χ1v) is 8.10. The van der Waals surface area contributed by atoms with Gasteiger partial charge >= 0.3 is 5.51 Å². The molecule has 0 amide bonds. The summed E-state index contributed by atoms with van der Waals surface area (Å²) in [6.45, 7) is 2.10. The smallest absolute Gasteiger partial charge is 0.371 e. The highest BCUT2D eigenvalue weighted by atomic mass is 32.2. The maximum absolute atomic E-state index is 12.5. The van der Waals surface area contributed by atoms with Crippen LogP contribution in [0.15, 0.2) is 29.2 Å². The van der Waals surface area contributed by atoms with Crippen LogP contribution in [0.4, 0.5) is 18.9 Å². The summed E-state index contributed by atoms with van der Waals surface area (Å²) in [6, 6.07) is 4.84. The van der Waals surface area contributed by atoms with E-state index >= 15 is 0 Å². The molecule has 1 aromatic rings. The lowest BCUT2D eigenvalue weighted by Gasteiger charge is -2.34. The Morgan fingerprint density at radius 1 is 1.24 bits per heavy atom. The second-order valence-electron chi connectivity index (χ2n) is 5.13. The molecule has 2 N–H and O–H groups in total. The van der Waals surface area contributed by atoms with Gasteiger partial charge in [0, 0.05) is 18.8 Å². The predicted molar refractivity (Wildman–Crippen MR) is 73.7 cm³/mol. The standard InChI is InChI=1S/C13H17F3N2O2S/c14-13(15,16)21(19,20)12-5-3-11(4-6-12)18-7-1-2-10(8-17)9-18/h3-6,10H,1-2,7-9,17H2. The van der Waals surface area contributed by atoms with Gasteiger partial charge in [-0.05, 0) is 49.6 Å². The normalized spacial score (nSPS) is 20.6. The van der Waals surface area contributed by atoms with Crippen LogP contribution >= 0.6 is 0 Å². The molecule has 0 spiro atoms. The minimum atomic E-state index is -5.28. The summed E-state index contributed by atoms with van der Waals surface area (Å²) in [6.07, 6.45) is 2.00. The van der Waals surface area contributed by atoms with Crippen molar-refractivity contribution in [1.29, 1.82) is 0 Å². The number of nitrogens with zero attached hydrogens (tertiary/aromatic N) is 1. The molecule has 1 aliphatic heterocycles. The van der Waals surface area contributed by atoms with Gasteiger partial charge in [-0.2, -0.15) is 13.2 Å². The van der Waals surface area contributed by atoms with Gasteiger partial charge in [-0.25, -0.2) is 8.42 Å². The average molecular weight is 322 g/mol. The summed E-state index contributed by atoms with van der Waals surface area (Å²) in [7, 11) is -5.28. The molecule has 0 aliphatic carbocycles. The van der Waals surface area contributed by atoms with Crippen molar-refractivity contribution in [3.63, 3.8) is 0 Å². The SMILES string of the molecule is NCC1CCCN(c2ccc(S(=O)(=O)C(F)(F)F)cc2)C1. The van der Waals surface area contributed by atoms with Crippen molar-refractivity contribution in [1.82, 2.24) is 0 Å². The van der Waals surface area contributed by atoms with Gasteiger partial charge in [0.05, 0.1) is 4.90 Å². The molecule has 2 rings (SSSR count). The third-order valence-electron chi connectivity index (χ3n) is 3.67. The van der Waals surface area contributed by atoms with Gasteiger partial charge in [0.25, 0.3) is 9.84 Å². The third-order valence-corrected chi connectivity index (χ3v) is 5.17. The number of rotatable bonds is 3. The number of hydrogen-bond acceptors (Lipinski definition) is 4. The molecule has 1 unspecified atom stereocenters. The highest BCUT2D eigenvalue weighted by molar-refractivity contribution is 7.92. The number of anilines is 1. The predicted octanol–water partition coefficient (Wildman–Crippen LogP) is 2.16. The van der Waals surface area contributed by atoms with Crippen LogP contribution in [0.2, 0.25) is 0 Å². The van der Waals surface area contributed by atoms with E-state index in [4.69, 9.17) is 5.73 Å². The molecule has 1 saturated heterocycles. The molecule has 0 bridgehead atoms. The molecule has 0 radical (unpaired) electrons. The van der Waals surface area contributed by atoms with Gasteiger partial charge in [-0.15, -0.1) is 0 Å². The first-order valence-electron chi connectivity index (χ1n) is 6.62. The van der Waals surface area contributed by atoms with Gasteiger partial charge in [0.15, 0.2) is 0 Å². The Morgan fingerprint density at radius 3 is 2.38 bits per heavy atom. The number of sulfone groups is 1. The molecule has 1 atom stereocenters. The van der Waals surface area contributed by atoms with Gasteiger partial charge in [-0.3, -0.25) is 0 Å². The van der Waals surface area contributed by atoms with Crippen molar-refractivity contribution >= 4 is 15.5 Å². The molecule has 1 aliphatic rings. The van der Waals surface area contributed by atoms with Gasteiger partial charge in [0.2, 0.25) is 0 Å². The van der Waals surface area contributed by atoms with E-state index in [1.54, 1.807) is 0 Å². The molecule has 4 nitrogen and oxygen atoms in total. The van der Waals surface area contributed by atoms with E-state index in [0.717, 1.165) is 38.1 Å². The van der Waals surface area contributed by atoms with E-state index in [9.17, 15) is 21.6 Å². The zero-order valence-electron chi connectivity index (χ0n) is 11.3. The molecule has 0 aromatic heterocycles. The van der Waals surface area contributed by atoms with Crippen LogP contribution in [0, 0.1) is 5.92 Å². The van der Waals surface area contributed by atoms with E-state index in [-0.39, 0.29) is 0 Å². The van der Waals surface area contributed by atoms with Crippen molar-refractivity contribution in [3.8, 4) is 0 Å². The lowest BCUT2D eigenvalue weighted by Crippen LogP contribution is -2.38. The summed E-state index contributed by atoms with van der Waals surface area (Å²) < 4.78 is 59.9. The van der Waals surface area contributed by atoms with Crippen LogP contribution in [0.3, 0.4) is 0 Å². The van der Waals surface area contributed by atoms with Crippen molar-refractivity contribution in [2.24, 2.45) is 11.7 Å². The van der Waals surface area contributed by atoms with Crippen LogP contribution in [0.5, 0.6) is 0 Å². The van der Waals surface area contributed by atoms with E-state index in [1.165, 1.54) is 12.1 Å². The molecule has 1 heterocycles.